The second kappa shape index (κ2) is 7.80. The van der Waals surface area contributed by atoms with Gasteiger partial charge in [-0.2, -0.15) is 0 Å². The van der Waals surface area contributed by atoms with Crippen molar-refractivity contribution in [2.24, 2.45) is 0 Å². The van der Waals surface area contributed by atoms with E-state index in [1.807, 2.05) is 18.2 Å². The second-order valence-electron chi connectivity index (χ2n) is 6.22. The monoisotopic (exact) mass is 390 g/mol. The highest BCUT2D eigenvalue weighted by Gasteiger charge is 2.48. The lowest BCUT2D eigenvalue weighted by molar-refractivity contribution is -0.124. The molecule has 0 aromatic heterocycles. The molecule has 1 atom stereocenters. The quantitative estimate of drug-likeness (QED) is 0.779. The summed E-state index contributed by atoms with van der Waals surface area (Å²) < 4.78 is 34.5. The number of fused-ring (bicyclic) bond motifs is 1. The summed E-state index contributed by atoms with van der Waals surface area (Å²) in [6.45, 7) is 1.54. The van der Waals surface area contributed by atoms with Gasteiger partial charge in [-0.25, -0.2) is 8.42 Å². The van der Waals surface area contributed by atoms with Crippen LogP contribution in [0.4, 0.5) is 0 Å². The first-order valence-electron chi connectivity index (χ1n) is 7.99. The van der Waals surface area contributed by atoms with Gasteiger partial charge in [0.2, 0.25) is 5.91 Å². The molecule has 0 radical (unpaired) electrons. The van der Waals surface area contributed by atoms with Gasteiger partial charge in [0.15, 0.2) is 26.1 Å². The molecular weight excluding hydrogens is 368 g/mol. The lowest BCUT2D eigenvalue weighted by atomic mass is 9.96. The number of para-hydroxylation sites is 2. The van der Waals surface area contributed by atoms with Gasteiger partial charge in [-0.05, 0) is 38.1 Å². The zero-order chi connectivity index (χ0) is 17.2. The van der Waals surface area contributed by atoms with Gasteiger partial charge < -0.3 is 20.1 Å². The number of hydrogen-bond acceptors (Lipinski definition) is 6. The first-order chi connectivity index (χ1) is 11.4. The predicted molar refractivity (Wildman–Crippen MR) is 96.3 cm³/mol. The molecule has 1 amide bonds. The van der Waals surface area contributed by atoms with Gasteiger partial charge in [0.1, 0.15) is 12.7 Å². The summed E-state index contributed by atoms with van der Waals surface area (Å²) in [4.78, 5) is 12.6. The first kappa shape index (κ1) is 19.8. The number of carbonyl (C=O) groups is 1. The van der Waals surface area contributed by atoms with E-state index in [-0.39, 0.29) is 37.9 Å². The topological polar surface area (TPSA) is 93.7 Å². The molecule has 1 fully saturated rings. The van der Waals surface area contributed by atoms with Gasteiger partial charge in [-0.15, -0.1) is 12.4 Å². The number of rotatable bonds is 4. The van der Waals surface area contributed by atoms with E-state index >= 15 is 0 Å². The molecule has 0 bridgehead atoms. The Kier molecular flexibility index (Phi) is 6.18. The van der Waals surface area contributed by atoms with Crippen LogP contribution in [0.5, 0.6) is 11.5 Å². The third kappa shape index (κ3) is 4.02. The second-order valence-corrected chi connectivity index (χ2v) is 8.55. The summed E-state index contributed by atoms with van der Waals surface area (Å²) in [6.07, 6.45) is 1.35. The smallest absolute Gasteiger partial charge is 0.241 e. The van der Waals surface area contributed by atoms with E-state index < -0.39 is 20.5 Å². The maximum absolute atomic E-state index is 12.6. The zero-order valence-electron chi connectivity index (χ0n) is 14.0. The molecule has 140 valence electrons. The Morgan fingerprint density at radius 1 is 1.28 bits per heavy atom. The van der Waals surface area contributed by atoms with Crippen LogP contribution in [-0.4, -0.2) is 57.7 Å². The number of benzene rings is 1. The molecule has 9 heteroatoms. The Bertz CT molecular complexity index is 719. The zero-order valence-corrected chi connectivity index (χ0v) is 15.6. The van der Waals surface area contributed by atoms with Crippen molar-refractivity contribution in [3.05, 3.63) is 24.3 Å². The summed E-state index contributed by atoms with van der Waals surface area (Å²) in [7, 11) is -3.51. The molecule has 7 nitrogen and oxygen atoms in total. The van der Waals surface area contributed by atoms with Crippen molar-refractivity contribution >= 4 is 28.2 Å². The van der Waals surface area contributed by atoms with Crippen molar-refractivity contribution < 1.29 is 22.7 Å². The minimum Gasteiger partial charge on any atom is -0.486 e. The molecular formula is C16H23ClN2O5S. The van der Waals surface area contributed by atoms with Crippen LogP contribution in [0.15, 0.2) is 24.3 Å². The fraction of sp³-hybridized carbons (Fsp3) is 0.562. The molecule has 2 aliphatic rings. The van der Waals surface area contributed by atoms with Crippen LogP contribution in [-0.2, 0) is 14.6 Å². The number of amides is 1. The minimum atomic E-state index is -3.51. The summed E-state index contributed by atoms with van der Waals surface area (Å²) in [6, 6.07) is 7.32. The molecule has 2 N–H and O–H groups in total. The van der Waals surface area contributed by atoms with Crippen LogP contribution in [0.25, 0.3) is 0 Å². The van der Waals surface area contributed by atoms with Crippen molar-refractivity contribution in [3.8, 4) is 11.5 Å². The molecule has 2 heterocycles. The van der Waals surface area contributed by atoms with Gasteiger partial charge in [0.05, 0.1) is 6.54 Å². The van der Waals surface area contributed by atoms with E-state index in [2.05, 4.69) is 10.6 Å². The predicted octanol–water partition coefficient (Wildman–Crippen LogP) is 0.531. The van der Waals surface area contributed by atoms with Gasteiger partial charge in [-0.1, -0.05) is 12.1 Å². The summed E-state index contributed by atoms with van der Waals surface area (Å²) in [5.41, 5.74) is 0. The minimum absolute atomic E-state index is 0. The van der Waals surface area contributed by atoms with Crippen LogP contribution < -0.4 is 20.1 Å². The van der Waals surface area contributed by atoms with Crippen LogP contribution in [0.3, 0.4) is 0 Å². The summed E-state index contributed by atoms with van der Waals surface area (Å²) in [5.74, 6) is 0.850. The van der Waals surface area contributed by atoms with Crippen LogP contribution in [0.2, 0.25) is 0 Å². The average Bonchev–Trinajstić information content (AvgIpc) is 2.59. The first-order valence-corrected chi connectivity index (χ1v) is 9.89. The van der Waals surface area contributed by atoms with Crippen LogP contribution in [0.1, 0.15) is 12.8 Å². The standard InChI is InChI=1S/C16H22N2O5S.ClH/c1-24(20,21)16(6-8-17-9-7-16)15(19)18-10-12-11-22-13-4-2-3-5-14(13)23-12;/h2-5,12,17H,6-11H2,1H3,(H,18,19);1H. The lowest BCUT2D eigenvalue weighted by Gasteiger charge is -2.35. The van der Waals surface area contributed by atoms with E-state index in [1.165, 1.54) is 0 Å². The van der Waals surface area contributed by atoms with Crippen molar-refractivity contribution in [3.63, 3.8) is 0 Å². The van der Waals surface area contributed by atoms with Crippen molar-refractivity contribution in [1.82, 2.24) is 10.6 Å². The number of hydrogen-bond donors (Lipinski definition) is 2. The lowest BCUT2D eigenvalue weighted by Crippen LogP contribution is -2.58. The molecule has 0 aliphatic carbocycles. The number of nitrogens with one attached hydrogen (secondary N) is 2. The van der Waals surface area contributed by atoms with Crippen LogP contribution in [0, 0.1) is 0 Å². The van der Waals surface area contributed by atoms with Crippen molar-refractivity contribution in [2.75, 3.05) is 32.5 Å². The number of sulfone groups is 1. The van der Waals surface area contributed by atoms with Crippen LogP contribution >= 0.6 is 12.4 Å². The number of halogens is 1. The molecule has 3 rings (SSSR count). The molecule has 25 heavy (non-hydrogen) atoms. The normalized spacial score (nSPS) is 21.7. The third-order valence-electron chi connectivity index (χ3n) is 4.59. The SMILES string of the molecule is CS(=O)(=O)C1(C(=O)NCC2COc3ccccc3O2)CCNCC1.Cl. The van der Waals surface area contributed by atoms with Gasteiger partial charge in [0.25, 0.3) is 0 Å². The highest BCUT2D eigenvalue weighted by Crippen LogP contribution is 2.31. The molecule has 1 aromatic rings. The Balaban J connectivity index is 0.00000225. The molecule has 2 aliphatic heterocycles. The highest BCUT2D eigenvalue weighted by molar-refractivity contribution is 7.92. The van der Waals surface area contributed by atoms with Crippen molar-refractivity contribution in [1.29, 1.82) is 0 Å². The molecule has 1 unspecified atom stereocenters. The third-order valence-corrected chi connectivity index (χ3v) is 6.61. The molecule has 1 saturated heterocycles. The number of piperidine rings is 1. The summed E-state index contributed by atoms with van der Waals surface area (Å²) in [5, 5.41) is 5.84. The highest BCUT2D eigenvalue weighted by atomic mass is 35.5. The molecule has 1 aromatic carbocycles. The maximum Gasteiger partial charge on any atom is 0.241 e. The fourth-order valence-corrected chi connectivity index (χ4v) is 4.48. The molecule has 0 spiro atoms. The Hall–Kier alpha value is -1.51. The number of ether oxygens (including phenoxy) is 2. The Morgan fingerprint density at radius 2 is 1.92 bits per heavy atom. The van der Waals surface area contributed by atoms with E-state index in [9.17, 15) is 13.2 Å². The van der Waals surface area contributed by atoms with E-state index in [0.717, 1.165) is 6.26 Å². The maximum atomic E-state index is 12.6. The Labute approximate surface area is 153 Å². The van der Waals surface area contributed by atoms with Crippen molar-refractivity contribution in [2.45, 2.75) is 23.7 Å². The van der Waals surface area contributed by atoms with Gasteiger partial charge >= 0.3 is 0 Å². The fourth-order valence-electron chi connectivity index (χ4n) is 3.13. The van der Waals surface area contributed by atoms with Gasteiger partial charge in [0, 0.05) is 6.26 Å². The number of carbonyl (C=O) groups excluding carboxylic acids is 1. The van der Waals surface area contributed by atoms with E-state index in [4.69, 9.17) is 9.47 Å². The summed E-state index contributed by atoms with van der Waals surface area (Å²) >= 11 is 0. The Morgan fingerprint density at radius 3 is 2.56 bits per heavy atom. The largest absolute Gasteiger partial charge is 0.486 e. The van der Waals surface area contributed by atoms with E-state index in [0.29, 0.717) is 31.2 Å². The molecule has 0 saturated carbocycles. The average molecular weight is 391 g/mol. The van der Waals surface area contributed by atoms with E-state index in [1.54, 1.807) is 6.07 Å². The van der Waals surface area contributed by atoms with Gasteiger partial charge in [-0.3, -0.25) is 4.79 Å².